The monoisotopic (exact) mass is 478 g/mol. The number of hydrogen-bond donors (Lipinski definition) is 3. The summed E-state index contributed by atoms with van der Waals surface area (Å²) < 4.78 is 0. The maximum absolute atomic E-state index is 13.7. The van der Waals surface area contributed by atoms with Crippen LogP contribution < -0.4 is 16.4 Å². The molecule has 1 saturated heterocycles. The molecule has 0 aromatic heterocycles. The number of nitrogens with zero attached hydrogens (tertiary/aromatic N) is 1. The Morgan fingerprint density at radius 2 is 1.59 bits per heavy atom. The van der Waals surface area contributed by atoms with Crippen LogP contribution in [0.1, 0.15) is 73.6 Å². The molecule has 34 heavy (non-hydrogen) atoms. The van der Waals surface area contributed by atoms with Gasteiger partial charge in [0.05, 0.1) is 6.04 Å². The third-order valence-corrected chi connectivity index (χ3v) is 7.30. The minimum atomic E-state index is -1.07. The summed E-state index contributed by atoms with van der Waals surface area (Å²) in [6.45, 7) is 11.8. The number of rotatable bonds is 12. The fourth-order valence-corrected chi connectivity index (χ4v) is 4.63. The zero-order chi connectivity index (χ0) is 25.7. The van der Waals surface area contributed by atoms with Crippen LogP contribution in [-0.2, 0) is 24.0 Å². The molecule has 1 heterocycles. The average Bonchev–Trinajstić information content (AvgIpc) is 3.48. The first-order valence-corrected chi connectivity index (χ1v) is 12.6. The van der Waals surface area contributed by atoms with Crippen molar-refractivity contribution in [3.63, 3.8) is 0 Å². The smallest absolute Gasteiger partial charge is 0.287 e. The second-order valence-corrected chi connectivity index (χ2v) is 10.7. The van der Waals surface area contributed by atoms with Crippen LogP contribution in [0.25, 0.3) is 0 Å². The lowest BCUT2D eigenvalue weighted by Gasteiger charge is -2.34. The maximum atomic E-state index is 13.7. The van der Waals surface area contributed by atoms with Gasteiger partial charge in [0.1, 0.15) is 12.1 Å². The van der Waals surface area contributed by atoms with Crippen LogP contribution in [-0.4, -0.2) is 59.0 Å². The lowest BCUT2D eigenvalue weighted by molar-refractivity contribution is -0.145. The molecule has 4 amide bonds. The fraction of sp³-hybridized carbons (Fsp3) is 0.800. The summed E-state index contributed by atoms with van der Waals surface area (Å²) in [5, 5.41) is 5.63. The number of carbonyl (C=O) groups is 5. The van der Waals surface area contributed by atoms with Gasteiger partial charge in [0.25, 0.3) is 5.91 Å². The first-order chi connectivity index (χ1) is 15.9. The number of Topliss-reactive ketones (excluding diaryl/α,β-unsaturated/α-hetero) is 1. The van der Waals surface area contributed by atoms with Crippen LogP contribution >= 0.6 is 0 Å². The summed E-state index contributed by atoms with van der Waals surface area (Å²) >= 11 is 0. The molecule has 192 valence electrons. The van der Waals surface area contributed by atoms with E-state index in [0.717, 1.165) is 12.8 Å². The first kappa shape index (κ1) is 27.8. The minimum absolute atomic E-state index is 0.104. The second kappa shape index (κ2) is 11.8. The Labute approximate surface area is 202 Å². The van der Waals surface area contributed by atoms with Crippen LogP contribution in [0.15, 0.2) is 0 Å². The van der Waals surface area contributed by atoms with Crippen molar-refractivity contribution in [1.82, 2.24) is 15.5 Å². The summed E-state index contributed by atoms with van der Waals surface area (Å²) in [5.74, 6) is -2.90. The highest BCUT2D eigenvalue weighted by Crippen LogP contribution is 2.35. The number of likely N-dealkylation sites (tertiary alicyclic amines) is 1. The second-order valence-electron chi connectivity index (χ2n) is 10.7. The Balaban J connectivity index is 2.30. The van der Waals surface area contributed by atoms with E-state index in [2.05, 4.69) is 10.6 Å². The van der Waals surface area contributed by atoms with Gasteiger partial charge in [0.15, 0.2) is 0 Å². The molecule has 2 fully saturated rings. The van der Waals surface area contributed by atoms with Gasteiger partial charge >= 0.3 is 0 Å². The molecule has 9 nitrogen and oxygen atoms in total. The SMILES string of the molecule is CCC(C)C(NC(=O)C(C)C)C(=O)N1CC[C@H](C(C)C)[C@H]1C(=O)NC(CC1CC1)C(=O)C(N)=O. The van der Waals surface area contributed by atoms with Crippen LogP contribution in [0.2, 0.25) is 0 Å². The molecule has 9 heteroatoms. The number of ketones is 1. The normalized spacial score (nSPS) is 22.9. The van der Waals surface area contributed by atoms with E-state index in [1.165, 1.54) is 0 Å². The fourth-order valence-electron chi connectivity index (χ4n) is 4.63. The standard InChI is InChI=1S/C25H42N4O5/c1-7-15(6)19(28-23(32)14(4)5)25(34)29-11-10-17(13(2)3)20(29)24(33)27-18(12-16-8-9-16)21(30)22(26)31/h13-20H,7-12H2,1-6H3,(H2,26,31)(H,27,33)(H,28,32)/t15?,17-,18?,19?,20+/m1/s1. The summed E-state index contributed by atoms with van der Waals surface area (Å²) in [6.07, 6.45) is 3.61. The molecule has 0 spiro atoms. The highest BCUT2D eigenvalue weighted by molar-refractivity contribution is 6.37. The van der Waals surface area contributed by atoms with Gasteiger partial charge in [-0.25, -0.2) is 0 Å². The van der Waals surface area contributed by atoms with Gasteiger partial charge in [-0.1, -0.05) is 60.8 Å². The summed E-state index contributed by atoms with van der Waals surface area (Å²) in [7, 11) is 0. The largest absolute Gasteiger partial charge is 0.363 e. The summed E-state index contributed by atoms with van der Waals surface area (Å²) in [4.78, 5) is 65.1. The number of carbonyl (C=O) groups excluding carboxylic acids is 5. The molecular formula is C25H42N4O5. The van der Waals surface area contributed by atoms with E-state index in [1.807, 2.05) is 27.7 Å². The number of nitrogens with one attached hydrogen (secondary N) is 2. The zero-order valence-corrected chi connectivity index (χ0v) is 21.4. The van der Waals surface area contributed by atoms with Crippen molar-refractivity contribution < 1.29 is 24.0 Å². The van der Waals surface area contributed by atoms with Crippen molar-refractivity contribution in [3.05, 3.63) is 0 Å². The van der Waals surface area contributed by atoms with E-state index in [9.17, 15) is 24.0 Å². The molecule has 2 aliphatic rings. The van der Waals surface area contributed by atoms with E-state index in [-0.39, 0.29) is 41.4 Å². The van der Waals surface area contributed by atoms with Gasteiger partial charge in [-0.05, 0) is 36.5 Å². The molecule has 1 saturated carbocycles. The third kappa shape index (κ3) is 6.79. The average molecular weight is 479 g/mol. The van der Waals surface area contributed by atoms with Gasteiger partial charge in [0.2, 0.25) is 23.5 Å². The lowest BCUT2D eigenvalue weighted by atomic mass is 9.87. The van der Waals surface area contributed by atoms with Crippen molar-refractivity contribution in [2.75, 3.05) is 6.54 Å². The molecule has 0 bridgehead atoms. The van der Waals surface area contributed by atoms with Gasteiger partial charge < -0.3 is 21.3 Å². The van der Waals surface area contributed by atoms with E-state index in [0.29, 0.717) is 25.8 Å². The number of primary amides is 1. The van der Waals surface area contributed by atoms with Gasteiger partial charge in [0, 0.05) is 12.5 Å². The Bertz CT molecular complexity index is 792. The molecule has 4 N–H and O–H groups in total. The molecule has 0 aromatic rings. The zero-order valence-electron chi connectivity index (χ0n) is 21.4. The summed E-state index contributed by atoms with van der Waals surface area (Å²) in [6, 6.07) is -2.50. The van der Waals surface area contributed by atoms with Crippen molar-refractivity contribution in [3.8, 4) is 0 Å². The van der Waals surface area contributed by atoms with Crippen LogP contribution in [0.5, 0.6) is 0 Å². The predicted molar refractivity (Wildman–Crippen MR) is 128 cm³/mol. The molecule has 0 aromatic carbocycles. The molecule has 5 atom stereocenters. The van der Waals surface area contributed by atoms with Crippen LogP contribution in [0.4, 0.5) is 0 Å². The summed E-state index contributed by atoms with van der Waals surface area (Å²) in [5.41, 5.74) is 5.23. The minimum Gasteiger partial charge on any atom is -0.363 e. The number of nitrogens with two attached hydrogens (primary N) is 1. The molecule has 3 unspecified atom stereocenters. The van der Waals surface area contributed by atoms with Gasteiger partial charge in [-0.2, -0.15) is 0 Å². The molecule has 1 aliphatic carbocycles. The first-order valence-electron chi connectivity index (χ1n) is 12.6. The lowest BCUT2D eigenvalue weighted by Crippen LogP contribution is -2.59. The Morgan fingerprint density at radius 3 is 2.06 bits per heavy atom. The van der Waals surface area contributed by atoms with Crippen molar-refractivity contribution in [2.24, 2.45) is 35.3 Å². The molecule has 1 aliphatic heterocycles. The molecule has 0 radical (unpaired) electrons. The number of amides is 4. The highest BCUT2D eigenvalue weighted by atomic mass is 16.2. The van der Waals surface area contributed by atoms with Crippen molar-refractivity contribution >= 4 is 29.4 Å². The topological polar surface area (TPSA) is 139 Å². The van der Waals surface area contributed by atoms with Crippen molar-refractivity contribution in [1.29, 1.82) is 0 Å². The number of hydrogen-bond acceptors (Lipinski definition) is 5. The van der Waals surface area contributed by atoms with Gasteiger partial charge in [-0.3, -0.25) is 24.0 Å². The van der Waals surface area contributed by atoms with Gasteiger partial charge in [-0.15, -0.1) is 0 Å². The Hall–Kier alpha value is -2.45. The van der Waals surface area contributed by atoms with Crippen molar-refractivity contribution in [2.45, 2.75) is 91.8 Å². The molecular weight excluding hydrogens is 436 g/mol. The van der Waals surface area contributed by atoms with Crippen LogP contribution in [0, 0.1) is 29.6 Å². The van der Waals surface area contributed by atoms with E-state index in [4.69, 9.17) is 5.73 Å². The predicted octanol–water partition coefficient (Wildman–Crippen LogP) is 1.39. The van der Waals surface area contributed by atoms with E-state index in [1.54, 1.807) is 18.7 Å². The molecule has 2 rings (SSSR count). The van der Waals surface area contributed by atoms with E-state index < -0.39 is 35.7 Å². The maximum Gasteiger partial charge on any atom is 0.287 e. The quantitative estimate of drug-likeness (QED) is 0.364. The van der Waals surface area contributed by atoms with Crippen LogP contribution in [0.3, 0.4) is 0 Å². The Morgan fingerprint density at radius 1 is 0.971 bits per heavy atom. The van der Waals surface area contributed by atoms with E-state index >= 15 is 0 Å². The third-order valence-electron chi connectivity index (χ3n) is 7.30. The highest BCUT2D eigenvalue weighted by Gasteiger charge is 2.46. The Kier molecular flexibility index (Phi) is 9.64.